The van der Waals surface area contributed by atoms with Crippen LogP contribution in [0.25, 0.3) is 11.0 Å². The van der Waals surface area contributed by atoms with Gasteiger partial charge < -0.3 is 14.8 Å². The zero-order valence-corrected chi connectivity index (χ0v) is 13.2. The molecule has 1 fully saturated rings. The number of hydrogen-bond acceptors (Lipinski definition) is 4. The summed E-state index contributed by atoms with van der Waals surface area (Å²) in [6, 6.07) is 3.00. The van der Waals surface area contributed by atoms with E-state index in [0.29, 0.717) is 12.1 Å². The summed E-state index contributed by atoms with van der Waals surface area (Å²) in [6.07, 6.45) is 7.63. The number of pyridine rings is 1. The summed E-state index contributed by atoms with van der Waals surface area (Å²) in [7, 11) is 2.03. The summed E-state index contributed by atoms with van der Waals surface area (Å²) < 4.78 is 2.05. The van der Waals surface area contributed by atoms with Crippen LogP contribution in [-0.2, 0) is 7.05 Å². The van der Waals surface area contributed by atoms with Gasteiger partial charge >= 0.3 is 0 Å². The third-order valence-corrected chi connectivity index (χ3v) is 4.35. The Kier molecular flexibility index (Phi) is 4.10. The molecule has 2 aromatic heterocycles. The van der Waals surface area contributed by atoms with Crippen LogP contribution in [0.1, 0.15) is 33.1 Å². The van der Waals surface area contributed by atoms with E-state index in [1.807, 2.05) is 25.6 Å². The molecule has 0 bridgehead atoms. The van der Waals surface area contributed by atoms with Gasteiger partial charge in [0, 0.05) is 31.9 Å². The topological polar surface area (TPSA) is 46.0 Å². The van der Waals surface area contributed by atoms with Gasteiger partial charge in [-0.25, -0.2) is 9.97 Å². The third-order valence-electron chi connectivity index (χ3n) is 4.35. The number of nitrogens with zero attached hydrogens (tertiary/aromatic N) is 4. The Balaban J connectivity index is 1.91. The first-order valence-electron chi connectivity index (χ1n) is 7.93. The van der Waals surface area contributed by atoms with Crippen molar-refractivity contribution in [1.29, 1.82) is 0 Å². The van der Waals surface area contributed by atoms with Crippen molar-refractivity contribution in [3.8, 4) is 0 Å². The van der Waals surface area contributed by atoms with Crippen LogP contribution in [0.5, 0.6) is 0 Å². The van der Waals surface area contributed by atoms with Gasteiger partial charge in [0.2, 0.25) is 0 Å². The summed E-state index contributed by atoms with van der Waals surface area (Å²) in [5.74, 6) is 1.01. The fourth-order valence-corrected chi connectivity index (χ4v) is 3.12. The number of anilines is 1. The van der Waals surface area contributed by atoms with Crippen LogP contribution < -0.4 is 10.2 Å². The number of aromatic nitrogens is 3. The largest absolute Gasteiger partial charge is 0.351 e. The van der Waals surface area contributed by atoms with Gasteiger partial charge in [-0.3, -0.25) is 0 Å². The number of hydrogen-bond donors (Lipinski definition) is 1. The predicted octanol–water partition coefficient (Wildman–Crippen LogP) is 2.33. The highest BCUT2D eigenvalue weighted by molar-refractivity contribution is 5.86. The first kappa shape index (κ1) is 14.3. The summed E-state index contributed by atoms with van der Waals surface area (Å²) >= 11 is 0. The van der Waals surface area contributed by atoms with Gasteiger partial charge in [-0.1, -0.05) is 6.42 Å². The van der Waals surface area contributed by atoms with Gasteiger partial charge in [-0.05, 0) is 39.3 Å². The molecule has 21 heavy (non-hydrogen) atoms. The lowest BCUT2D eigenvalue weighted by atomic mass is 10.0. The molecule has 1 saturated heterocycles. The minimum absolute atomic E-state index is 0.411. The molecule has 1 N–H and O–H groups in total. The van der Waals surface area contributed by atoms with Crippen LogP contribution in [0, 0.1) is 0 Å². The van der Waals surface area contributed by atoms with E-state index in [2.05, 4.69) is 38.6 Å². The summed E-state index contributed by atoms with van der Waals surface area (Å²) in [6.45, 7) is 6.59. The summed E-state index contributed by atoms with van der Waals surface area (Å²) in [5.41, 5.74) is 2.15. The van der Waals surface area contributed by atoms with Crippen molar-refractivity contribution in [2.45, 2.75) is 45.2 Å². The molecule has 5 nitrogen and oxygen atoms in total. The summed E-state index contributed by atoms with van der Waals surface area (Å²) in [4.78, 5) is 11.6. The van der Waals surface area contributed by atoms with E-state index in [-0.39, 0.29) is 0 Å². The Labute approximate surface area is 126 Å². The molecular weight excluding hydrogens is 262 g/mol. The first-order chi connectivity index (χ1) is 10.2. The molecule has 114 valence electrons. The van der Waals surface area contributed by atoms with Crippen LogP contribution in [0.4, 0.5) is 5.82 Å². The monoisotopic (exact) mass is 287 g/mol. The number of piperidine rings is 1. The highest BCUT2D eigenvalue weighted by atomic mass is 15.2. The van der Waals surface area contributed by atoms with Crippen molar-refractivity contribution in [2.75, 3.05) is 18.0 Å². The van der Waals surface area contributed by atoms with Gasteiger partial charge in [-0.15, -0.1) is 0 Å². The average Bonchev–Trinajstić information content (AvgIpc) is 2.87. The van der Waals surface area contributed by atoms with Crippen LogP contribution in [0.2, 0.25) is 0 Å². The molecule has 1 aliphatic rings. The SMILES string of the molecule is CC(C)N(CC1CCCCN1)c1nccc2c1ncn2C. The molecule has 0 spiro atoms. The highest BCUT2D eigenvalue weighted by Gasteiger charge is 2.22. The maximum atomic E-state index is 4.63. The van der Waals surface area contributed by atoms with E-state index in [9.17, 15) is 0 Å². The lowest BCUT2D eigenvalue weighted by Crippen LogP contribution is -2.46. The second-order valence-electron chi connectivity index (χ2n) is 6.25. The third kappa shape index (κ3) is 2.88. The second kappa shape index (κ2) is 6.02. The zero-order valence-electron chi connectivity index (χ0n) is 13.2. The number of rotatable bonds is 4. The zero-order chi connectivity index (χ0) is 14.8. The molecule has 1 aliphatic heterocycles. The van der Waals surface area contributed by atoms with Crippen molar-refractivity contribution in [3.05, 3.63) is 18.6 Å². The van der Waals surface area contributed by atoms with E-state index < -0.39 is 0 Å². The number of imidazole rings is 1. The number of fused-ring (bicyclic) bond motifs is 1. The fourth-order valence-electron chi connectivity index (χ4n) is 3.12. The Hall–Kier alpha value is -1.62. The Bertz CT molecular complexity index is 598. The van der Waals surface area contributed by atoms with Gasteiger partial charge in [0.25, 0.3) is 0 Å². The van der Waals surface area contributed by atoms with Crippen LogP contribution in [0.15, 0.2) is 18.6 Å². The van der Waals surface area contributed by atoms with Crippen molar-refractivity contribution >= 4 is 16.9 Å². The van der Waals surface area contributed by atoms with Crippen molar-refractivity contribution in [3.63, 3.8) is 0 Å². The van der Waals surface area contributed by atoms with E-state index in [1.54, 1.807) is 0 Å². The number of nitrogens with one attached hydrogen (secondary N) is 1. The van der Waals surface area contributed by atoms with Gasteiger partial charge in [-0.2, -0.15) is 0 Å². The molecule has 3 rings (SSSR count). The van der Waals surface area contributed by atoms with E-state index >= 15 is 0 Å². The number of aryl methyl sites for hydroxylation is 1. The first-order valence-corrected chi connectivity index (χ1v) is 7.93. The predicted molar refractivity (Wildman–Crippen MR) is 86.6 cm³/mol. The second-order valence-corrected chi connectivity index (χ2v) is 6.25. The molecule has 0 radical (unpaired) electrons. The maximum absolute atomic E-state index is 4.63. The quantitative estimate of drug-likeness (QED) is 0.937. The van der Waals surface area contributed by atoms with Crippen LogP contribution in [0.3, 0.4) is 0 Å². The maximum Gasteiger partial charge on any atom is 0.157 e. The Morgan fingerprint density at radius 1 is 1.38 bits per heavy atom. The van der Waals surface area contributed by atoms with Crippen molar-refractivity contribution in [1.82, 2.24) is 19.9 Å². The van der Waals surface area contributed by atoms with Gasteiger partial charge in [0.15, 0.2) is 5.82 Å². The molecule has 1 unspecified atom stereocenters. The molecule has 5 heteroatoms. The van der Waals surface area contributed by atoms with Crippen LogP contribution >= 0.6 is 0 Å². The Morgan fingerprint density at radius 3 is 2.95 bits per heavy atom. The molecule has 0 aliphatic carbocycles. The standard InChI is InChI=1S/C16H25N5/c1-12(2)21(10-13-6-4-5-8-17-13)16-15-14(7-9-18-16)20(3)11-19-15/h7,9,11-13,17H,4-6,8,10H2,1-3H3. The van der Waals surface area contributed by atoms with Crippen molar-refractivity contribution in [2.24, 2.45) is 7.05 Å². The smallest absolute Gasteiger partial charge is 0.157 e. The lowest BCUT2D eigenvalue weighted by Gasteiger charge is -2.34. The highest BCUT2D eigenvalue weighted by Crippen LogP contribution is 2.25. The molecule has 1 atom stereocenters. The summed E-state index contributed by atoms with van der Waals surface area (Å²) in [5, 5.41) is 3.63. The molecule has 3 heterocycles. The Morgan fingerprint density at radius 2 is 2.24 bits per heavy atom. The normalized spacial score (nSPS) is 19.3. The molecule has 0 aromatic carbocycles. The molecule has 2 aromatic rings. The van der Waals surface area contributed by atoms with E-state index in [4.69, 9.17) is 0 Å². The van der Waals surface area contributed by atoms with Crippen molar-refractivity contribution < 1.29 is 0 Å². The fraction of sp³-hybridized carbons (Fsp3) is 0.625. The molecule has 0 amide bonds. The molecular formula is C16H25N5. The molecule has 0 saturated carbocycles. The van der Waals surface area contributed by atoms with E-state index in [1.165, 1.54) is 19.3 Å². The van der Waals surface area contributed by atoms with Gasteiger partial charge in [0.1, 0.15) is 5.52 Å². The van der Waals surface area contributed by atoms with E-state index in [0.717, 1.165) is 29.9 Å². The lowest BCUT2D eigenvalue weighted by molar-refractivity contribution is 0.393. The minimum Gasteiger partial charge on any atom is -0.351 e. The average molecular weight is 287 g/mol. The van der Waals surface area contributed by atoms with Crippen LogP contribution in [-0.4, -0.2) is 39.7 Å². The minimum atomic E-state index is 0.411. The van der Waals surface area contributed by atoms with Gasteiger partial charge in [0.05, 0.1) is 11.8 Å².